The van der Waals surface area contributed by atoms with Crippen LogP contribution in [0.2, 0.25) is 10.0 Å². The fourth-order valence-electron chi connectivity index (χ4n) is 2.83. The van der Waals surface area contributed by atoms with Gasteiger partial charge in [-0.05, 0) is 24.6 Å². The van der Waals surface area contributed by atoms with Crippen molar-refractivity contribution in [1.82, 2.24) is 14.7 Å². The van der Waals surface area contributed by atoms with Crippen LogP contribution in [0, 0.1) is 6.92 Å². The number of halogens is 2. The van der Waals surface area contributed by atoms with Gasteiger partial charge in [0.05, 0.1) is 36.9 Å². The predicted octanol–water partition coefficient (Wildman–Crippen LogP) is 1.95. The van der Waals surface area contributed by atoms with Crippen molar-refractivity contribution in [2.45, 2.75) is 13.0 Å². The van der Waals surface area contributed by atoms with Crippen LogP contribution in [0.4, 0.5) is 5.69 Å². The van der Waals surface area contributed by atoms with Crippen LogP contribution in [0.3, 0.4) is 0 Å². The maximum atomic E-state index is 12.5. The molecule has 0 spiro atoms. The van der Waals surface area contributed by atoms with Crippen LogP contribution in [0.25, 0.3) is 5.69 Å². The first-order valence-electron chi connectivity index (χ1n) is 8.72. The third-order valence-electron chi connectivity index (χ3n) is 4.42. The molecule has 1 aliphatic heterocycles. The third-order valence-corrected chi connectivity index (χ3v) is 5.19. The van der Waals surface area contributed by atoms with Gasteiger partial charge in [0, 0.05) is 31.2 Å². The van der Waals surface area contributed by atoms with Crippen molar-refractivity contribution in [3.63, 3.8) is 0 Å². The fraction of sp³-hybridized carbons (Fsp3) is 0.444. The van der Waals surface area contributed by atoms with E-state index in [-0.39, 0.29) is 11.6 Å². The van der Waals surface area contributed by atoms with Gasteiger partial charge in [-0.1, -0.05) is 29.3 Å². The molecule has 0 bridgehead atoms. The Morgan fingerprint density at radius 3 is 2.78 bits per heavy atom. The van der Waals surface area contributed by atoms with E-state index in [2.05, 4.69) is 15.3 Å². The van der Waals surface area contributed by atoms with Gasteiger partial charge in [-0.3, -0.25) is 9.69 Å². The maximum absolute atomic E-state index is 12.5. The molecule has 27 heavy (non-hydrogen) atoms. The second-order valence-corrected chi connectivity index (χ2v) is 7.26. The summed E-state index contributed by atoms with van der Waals surface area (Å²) in [5, 5.41) is 17.9. The van der Waals surface area contributed by atoms with E-state index in [1.54, 1.807) is 12.1 Å². The Labute approximate surface area is 167 Å². The quantitative estimate of drug-likeness (QED) is 0.754. The molecule has 7 nitrogen and oxygen atoms in total. The predicted molar refractivity (Wildman–Crippen MR) is 106 cm³/mol. The molecule has 2 heterocycles. The van der Waals surface area contributed by atoms with Crippen molar-refractivity contribution in [2.75, 3.05) is 44.7 Å². The van der Waals surface area contributed by atoms with Crippen molar-refractivity contribution >= 4 is 28.9 Å². The minimum Gasteiger partial charge on any atom is -0.390 e. The van der Waals surface area contributed by atoms with Crippen LogP contribution >= 0.6 is 23.2 Å². The fourth-order valence-corrected chi connectivity index (χ4v) is 3.20. The Balaban J connectivity index is 1.67. The zero-order valence-electron chi connectivity index (χ0n) is 15.0. The number of ether oxygens (including phenoxy) is 1. The van der Waals surface area contributed by atoms with E-state index in [1.807, 2.05) is 13.0 Å². The van der Waals surface area contributed by atoms with Gasteiger partial charge < -0.3 is 15.2 Å². The zero-order chi connectivity index (χ0) is 19.4. The molecule has 0 saturated carbocycles. The van der Waals surface area contributed by atoms with Crippen molar-refractivity contribution < 1.29 is 9.84 Å². The number of aliphatic hydroxyl groups is 1. The van der Waals surface area contributed by atoms with Crippen molar-refractivity contribution in [3.8, 4) is 5.69 Å². The maximum Gasteiger partial charge on any atom is 0.292 e. The van der Waals surface area contributed by atoms with Gasteiger partial charge in [0.2, 0.25) is 0 Å². The van der Waals surface area contributed by atoms with Crippen LogP contribution in [-0.4, -0.2) is 65.3 Å². The Kier molecular flexibility index (Phi) is 6.73. The van der Waals surface area contributed by atoms with Crippen LogP contribution in [0.5, 0.6) is 0 Å². The summed E-state index contributed by atoms with van der Waals surface area (Å²) in [6.07, 6.45) is 0.872. The molecular weight excluding hydrogens is 391 g/mol. The number of nitrogens with one attached hydrogen (secondary N) is 1. The molecule has 1 aliphatic rings. The minimum absolute atomic E-state index is 0.0141. The van der Waals surface area contributed by atoms with E-state index in [0.717, 1.165) is 18.7 Å². The number of aryl methyl sites for hydroxylation is 1. The second-order valence-electron chi connectivity index (χ2n) is 6.47. The molecule has 146 valence electrons. The molecule has 0 amide bonds. The van der Waals surface area contributed by atoms with Crippen LogP contribution < -0.4 is 10.9 Å². The molecule has 1 aromatic heterocycles. The number of rotatable bonds is 6. The largest absolute Gasteiger partial charge is 0.390 e. The molecule has 0 aliphatic carbocycles. The van der Waals surface area contributed by atoms with Gasteiger partial charge in [0.1, 0.15) is 5.02 Å². The molecule has 0 radical (unpaired) electrons. The highest BCUT2D eigenvalue weighted by Crippen LogP contribution is 2.20. The summed E-state index contributed by atoms with van der Waals surface area (Å²) in [5.41, 5.74) is 1.38. The highest BCUT2D eigenvalue weighted by Gasteiger charge is 2.16. The first kappa shape index (κ1) is 20.1. The summed E-state index contributed by atoms with van der Waals surface area (Å²) in [6.45, 7) is 5.63. The van der Waals surface area contributed by atoms with Gasteiger partial charge in [-0.25, -0.2) is 0 Å². The summed E-state index contributed by atoms with van der Waals surface area (Å²) in [6, 6.07) is 5.24. The molecule has 2 N–H and O–H groups in total. The SMILES string of the molecule is Cc1ccc(-n2ncc(NCC(O)CN3CCOCC3)c(Cl)c2=O)cc1Cl. The first-order chi connectivity index (χ1) is 13.0. The lowest BCUT2D eigenvalue weighted by atomic mass is 10.2. The third kappa shape index (κ3) is 5.00. The Bertz CT molecular complexity index is 853. The average Bonchev–Trinajstić information content (AvgIpc) is 2.66. The Morgan fingerprint density at radius 1 is 1.33 bits per heavy atom. The monoisotopic (exact) mass is 412 g/mol. The summed E-state index contributed by atoms with van der Waals surface area (Å²) in [7, 11) is 0. The van der Waals surface area contributed by atoms with Crippen molar-refractivity contribution in [2.24, 2.45) is 0 Å². The number of anilines is 1. The standard InChI is InChI=1S/C18H22Cl2N4O3/c1-12-2-3-13(8-15(12)19)24-18(26)17(20)16(10-22-24)21-9-14(25)11-23-4-6-27-7-5-23/h2-3,8,10,14,21,25H,4-7,9,11H2,1H3. The van der Waals surface area contributed by atoms with Crippen LogP contribution in [0.1, 0.15) is 5.56 Å². The Morgan fingerprint density at radius 2 is 2.07 bits per heavy atom. The molecule has 9 heteroatoms. The van der Waals surface area contributed by atoms with Gasteiger partial charge >= 0.3 is 0 Å². The van der Waals surface area contributed by atoms with Gasteiger partial charge in [0.25, 0.3) is 5.56 Å². The smallest absolute Gasteiger partial charge is 0.292 e. The molecule has 1 saturated heterocycles. The van der Waals surface area contributed by atoms with E-state index in [9.17, 15) is 9.90 Å². The first-order valence-corrected chi connectivity index (χ1v) is 9.47. The van der Waals surface area contributed by atoms with E-state index in [4.69, 9.17) is 27.9 Å². The zero-order valence-corrected chi connectivity index (χ0v) is 16.5. The number of aliphatic hydroxyl groups excluding tert-OH is 1. The van der Waals surface area contributed by atoms with Crippen molar-refractivity contribution in [1.29, 1.82) is 0 Å². The lowest BCUT2D eigenvalue weighted by molar-refractivity contribution is 0.0171. The summed E-state index contributed by atoms with van der Waals surface area (Å²) >= 11 is 12.3. The highest BCUT2D eigenvalue weighted by atomic mass is 35.5. The van der Waals surface area contributed by atoms with E-state index in [1.165, 1.54) is 10.9 Å². The number of nitrogens with zero attached hydrogens (tertiary/aromatic N) is 3. The molecule has 2 aromatic rings. The van der Waals surface area contributed by atoms with Crippen LogP contribution in [-0.2, 0) is 4.74 Å². The number of aromatic nitrogens is 2. The molecule has 3 rings (SSSR count). The van der Waals surface area contributed by atoms with Gasteiger partial charge in [-0.15, -0.1) is 0 Å². The molecule has 1 atom stereocenters. The normalized spacial score (nSPS) is 16.3. The second kappa shape index (κ2) is 9.03. The number of benzene rings is 1. The topological polar surface area (TPSA) is 79.6 Å². The molecular formula is C18H22Cl2N4O3. The van der Waals surface area contributed by atoms with Crippen LogP contribution in [0.15, 0.2) is 29.2 Å². The molecule has 1 unspecified atom stereocenters. The number of morpholine rings is 1. The molecule has 1 aromatic carbocycles. The van der Waals surface area contributed by atoms with E-state index < -0.39 is 11.7 Å². The number of hydrogen-bond acceptors (Lipinski definition) is 6. The summed E-state index contributed by atoms with van der Waals surface area (Å²) < 4.78 is 6.49. The average molecular weight is 413 g/mol. The van der Waals surface area contributed by atoms with Crippen molar-refractivity contribution in [3.05, 3.63) is 50.4 Å². The Hall–Kier alpha value is -1.64. The molecule has 1 fully saturated rings. The van der Waals surface area contributed by atoms with Gasteiger partial charge in [-0.2, -0.15) is 9.78 Å². The number of β-amino-alcohol motifs (C(OH)–C–C–N with tert-alkyl or cyclic N) is 1. The lowest BCUT2D eigenvalue weighted by Crippen LogP contribution is -2.42. The van der Waals surface area contributed by atoms with E-state index in [0.29, 0.717) is 36.2 Å². The summed E-state index contributed by atoms with van der Waals surface area (Å²) in [4.78, 5) is 14.7. The lowest BCUT2D eigenvalue weighted by Gasteiger charge is -2.28. The van der Waals surface area contributed by atoms with E-state index >= 15 is 0 Å². The summed E-state index contributed by atoms with van der Waals surface area (Å²) in [5.74, 6) is 0. The minimum atomic E-state index is -0.600. The highest BCUT2D eigenvalue weighted by molar-refractivity contribution is 6.33. The number of hydrogen-bond donors (Lipinski definition) is 2. The van der Waals surface area contributed by atoms with Gasteiger partial charge in [0.15, 0.2) is 0 Å².